The average Bonchev–Trinajstić information content (AvgIpc) is 2.80. The highest BCUT2D eigenvalue weighted by Crippen LogP contribution is 2.26. The summed E-state index contributed by atoms with van der Waals surface area (Å²) in [4.78, 5) is 0. The molecule has 0 aliphatic heterocycles. The predicted octanol–water partition coefficient (Wildman–Crippen LogP) is 3.27. The Morgan fingerprint density at radius 1 is 1.40 bits per heavy atom. The summed E-state index contributed by atoms with van der Waals surface area (Å²) in [6.45, 7) is 1.97. The van der Waals surface area contributed by atoms with Gasteiger partial charge in [0.1, 0.15) is 11.6 Å². The van der Waals surface area contributed by atoms with Crippen LogP contribution in [0.4, 0.5) is 8.78 Å². The molecule has 0 radical (unpaired) electrons. The van der Waals surface area contributed by atoms with Crippen molar-refractivity contribution in [3.05, 3.63) is 51.3 Å². The van der Waals surface area contributed by atoms with Gasteiger partial charge in [0.25, 0.3) is 0 Å². The lowest BCUT2D eigenvalue weighted by atomic mass is 9.98. The smallest absolute Gasteiger partial charge is 0.143 e. The second kappa shape index (κ2) is 6.01. The van der Waals surface area contributed by atoms with Crippen LogP contribution in [0.15, 0.2) is 22.8 Å². The van der Waals surface area contributed by atoms with Gasteiger partial charge in [-0.25, -0.2) is 8.78 Å². The molecule has 108 valence electrons. The summed E-state index contributed by atoms with van der Waals surface area (Å²) in [5, 5.41) is 4.29. The molecule has 6 heteroatoms. The highest BCUT2D eigenvalue weighted by molar-refractivity contribution is 9.10. The van der Waals surface area contributed by atoms with E-state index in [9.17, 15) is 8.78 Å². The van der Waals surface area contributed by atoms with Gasteiger partial charge in [0, 0.05) is 30.4 Å². The molecule has 0 aliphatic rings. The molecule has 0 bridgehead atoms. The zero-order valence-corrected chi connectivity index (χ0v) is 12.9. The molecule has 0 saturated heterocycles. The summed E-state index contributed by atoms with van der Waals surface area (Å²) in [6.07, 6.45) is 2.63. The zero-order chi connectivity index (χ0) is 14.9. The molecule has 1 aromatic carbocycles. The first-order valence-corrected chi connectivity index (χ1v) is 7.13. The Bertz CT molecular complexity index is 625. The Hall–Kier alpha value is -1.27. The van der Waals surface area contributed by atoms with E-state index >= 15 is 0 Å². The minimum absolute atomic E-state index is 0.00205. The lowest BCUT2D eigenvalue weighted by Crippen LogP contribution is -2.16. The lowest BCUT2D eigenvalue weighted by molar-refractivity contribution is 0.535. The van der Waals surface area contributed by atoms with E-state index in [1.807, 2.05) is 6.92 Å². The summed E-state index contributed by atoms with van der Waals surface area (Å²) in [7, 11) is 1.80. The number of aromatic nitrogens is 2. The molecule has 0 aliphatic carbocycles. The normalized spacial score (nSPS) is 12.7. The van der Waals surface area contributed by atoms with Crippen LogP contribution in [-0.2, 0) is 19.9 Å². The van der Waals surface area contributed by atoms with Crippen LogP contribution in [-0.4, -0.2) is 9.78 Å². The third kappa shape index (κ3) is 2.91. The van der Waals surface area contributed by atoms with Gasteiger partial charge in [-0.1, -0.05) is 6.92 Å². The van der Waals surface area contributed by atoms with E-state index in [2.05, 4.69) is 21.0 Å². The summed E-state index contributed by atoms with van der Waals surface area (Å²) in [5.41, 5.74) is 7.79. The summed E-state index contributed by atoms with van der Waals surface area (Å²) >= 11 is 3.06. The molecule has 0 fully saturated rings. The van der Waals surface area contributed by atoms with Crippen molar-refractivity contribution in [2.24, 2.45) is 12.8 Å². The van der Waals surface area contributed by atoms with E-state index in [0.29, 0.717) is 0 Å². The minimum atomic E-state index is -0.595. The Morgan fingerprint density at radius 3 is 2.75 bits per heavy atom. The van der Waals surface area contributed by atoms with Crippen LogP contribution in [0.2, 0.25) is 0 Å². The standard InChI is InChI=1S/C14H16BrF2N3/c1-3-13-9(7-20(2)19-13)12(18)6-8-11(16)5-4-10(15)14(8)17/h4-5,7,12H,3,6,18H2,1-2H3. The van der Waals surface area contributed by atoms with Gasteiger partial charge < -0.3 is 5.73 Å². The summed E-state index contributed by atoms with van der Waals surface area (Å²) in [5.74, 6) is -1.18. The number of nitrogens with two attached hydrogens (primary N) is 1. The van der Waals surface area contributed by atoms with Gasteiger partial charge in [0.05, 0.1) is 10.2 Å². The topological polar surface area (TPSA) is 43.8 Å². The third-order valence-electron chi connectivity index (χ3n) is 3.23. The molecule has 0 saturated carbocycles. The van der Waals surface area contributed by atoms with E-state index in [1.165, 1.54) is 12.1 Å². The van der Waals surface area contributed by atoms with Gasteiger partial charge in [-0.05, 0) is 40.9 Å². The van der Waals surface area contributed by atoms with Gasteiger partial charge in [0.15, 0.2) is 0 Å². The third-order valence-corrected chi connectivity index (χ3v) is 3.85. The molecule has 1 atom stereocenters. The Labute approximate surface area is 124 Å². The van der Waals surface area contributed by atoms with Crippen LogP contribution >= 0.6 is 15.9 Å². The Kier molecular flexibility index (Phi) is 4.55. The van der Waals surface area contributed by atoms with E-state index < -0.39 is 17.7 Å². The number of benzene rings is 1. The Morgan fingerprint density at radius 2 is 2.10 bits per heavy atom. The fourth-order valence-electron chi connectivity index (χ4n) is 2.22. The molecular formula is C14H16BrF2N3. The maximum absolute atomic E-state index is 14.0. The highest BCUT2D eigenvalue weighted by Gasteiger charge is 2.19. The van der Waals surface area contributed by atoms with Crippen LogP contribution in [0.3, 0.4) is 0 Å². The van der Waals surface area contributed by atoms with Gasteiger partial charge in [-0.2, -0.15) is 5.10 Å². The van der Waals surface area contributed by atoms with Crippen molar-refractivity contribution in [1.29, 1.82) is 0 Å². The van der Waals surface area contributed by atoms with E-state index in [4.69, 9.17) is 5.73 Å². The molecule has 2 rings (SSSR count). The lowest BCUT2D eigenvalue weighted by Gasteiger charge is -2.13. The second-order valence-corrected chi connectivity index (χ2v) is 5.55. The molecule has 2 aromatic rings. The van der Waals surface area contributed by atoms with E-state index in [0.717, 1.165) is 17.7 Å². The number of rotatable bonds is 4. The van der Waals surface area contributed by atoms with Crippen molar-refractivity contribution in [2.75, 3.05) is 0 Å². The molecule has 2 N–H and O–H groups in total. The molecule has 20 heavy (non-hydrogen) atoms. The van der Waals surface area contributed by atoms with Crippen molar-refractivity contribution in [2.45, 2.75) is 25.8 Å². The number of hydrogen-bond acceptors (Lipinski definition) is 2. The van der Waals surface area contributed by atoms with Crippen molar-refractivity contribution in [1.82, 2.24) is 9.78 Å². The second-order valence-electron chi connectivity index (χ2n) is 4.69. The molecular weight excluding hydrogens is 328 g/mol. The molecule has 3 nitrogen and oxygen atoms in total. The van der Waals surface area contributed by atoms with Crippen molar-refractivity contribution >= 4 is 15.9 Å². The molecule has 1 aromatic heterocycles. The minimum Gasteiger partial charge on any atom is -0.324 e. The van der Waals surface area contributed by atoms with Gasteiger partial charge in [-0.15, -0.1) is 0 Å². The highest BCUT2D eigenvalue weighted by atomic mass is 79.9. The SMILES string of the molecule is CCc1nn(C)cc1C(N)Cc1c(F)ccc(Br)c1F. The molecule has 0 spiro atoms. The first kappa shape index (κ1) is 15.1. The fourth-order valence-corrected chi connectivity index (χ4v) is 2.59. The average molecular weight is 344 g/mol. The molecule has 0 amide bonds. The number of hydrogen-bond donors (Lipinski definition) is 1. The quantitative estimate of drug-likeness (QED) is 0.866. The molecule has 1 heterocycles. The largest absolute Gasteiger partial charge is 0.324 e. The maximum Gasteiger partial charge on any atom is 0.143 e. The van der Waals surface area contributed by atoms with Crippen molar-refractivity contribution < 1.29 is 8.78 Å². The van der Waals surface area contributed by atoms with Crippen molar-refractivity contribution in [3.63, 3.8) is 0 Å². The number of nitrogens with zero attached hydrogens (tertiary/aromatic N) is 2. The number of halogens is 3. The Balaban J connectivity index is 2.32. The maximum atomic E-state index is 14.0. The molecule has 1 unspecified atom stereocenters. The van der Waals surface area contributed by atoms with E-state index in [1.54, 1.807) is 17.9 Å². The van der Waals surface area contributed by atoms with E-state index in [-0.39, 0.29) is 16.5 Å². The van der Waals surface area contributed by atoms with Crippen LogP contribution in [0.1, 0.15) is 29.8 Å². The van der Waals surface area contributed by atoms with Crippen LogP contribution < -0.4 is 5.73 Å². The van der Waals surface area contributed by atoms with Gasteiger partial charge >= 0.3 is 0 Å². The first-order chi connectivity index (χ1) is 9.43. The summed E-state index contributed by atoms with van der Waals surface area (Å²) < 4.78 is 29.6. The summed E-state index contributed by atoms with van der Waals surface area (Å²) in [6, 6.07) is 2.09. The number of aryl methyl sites for hydroxylation is 2. The van der Waals surface area contributed by atoms with Crippen molar-refractivity contribution in [3.8, 4) is 0 Å². The predicted molar refractivity (Wildman–Crippen MR) is 77.3 cm³/mol. The van der Waals surface area contributed by atoms with Gasteiger partial charge in [-0.3, -0.25) is 4.68 Å². The monoisotopic (exact) mass is 343 g/mol. The van der Waals surface area contributed by atoms with Crippen LogP contribution in [0.25, 0.3) is 0 Å². The van der Waals surface area contributed by atoms with Gasteiger partial charge in [0.2, 0.25) is 0 Å². The first-order valence-electron chi connectivity index (χ1n) is 6.34. The van der Waals surface area contributed by atoms with Crippen LogP contribution in [0.5, 0.6) is 0 Å². The van der Waals surface area contributed by atoms with Crippen LogP contribution in [0, 0.1) is 11.6 Å². The zero-order valence-electron chi connectivity index (χ0n) is 11.3. The fraction of sp³-hybridized carbons (Fsp3) is 0.357.